The molecule has 0 saturated heterocycles. The second-order valence-electron chi connectivity index (χ2n) is 4.93. The number of thioether (sulfide) groups is 1. The van der Waals surface area contributed by atoms with Gasteiger partial charge in [0, 0.05) is 32.0 Å². The molecule has 2 N–H and O–H groups in total. The molecule has 138 valence electrons. The summed E-state index contributed by atoms with van der Waals surface area (Å²) in [7, 11) is 1.67. The number of hydrogen-bond acceptors (Lipinski definition) is 4. The molecule has 0 radical (unpaired) electrons. The van der Waals surface area contributed by atoms with E-state index in [4.69, 9.17) is 9.47 Å². The topological polar surface area (TPSA) is 54.9 Å². The van der Waals surface area contributed by atoms with Gasteiger partial charge in [0.05, 0.1) is 13.7 Å². The third kappa shape index (κ3) is 11.0. The SMILES string of the molecule is CCNC(=NCCCOCc1ccc(OC)cc1)NCCSC.I. The molecule has 0 fully saturated rings. The van der Waals surface area contributed by atoms with Crippen LogP contribution >= 0.6 is 35.7 Å². The first-order valence-electron chi connectivity index (χ1n) is 8.02. The summed E-state index contributed by atoms with van der Waals surface area (Å²) in [6.07, 6.45) is 3.02. The van der Waals surface area contributed by atoms with Crippen LogP contribution in [0.4, 0.5) is 0 Å². The molecule has 0 aromatic heterocycles. The lowest BCUT2D eigenvalue weighted by molar-refractivity contribution is 0.120. The molecular weight excluding hydrogens is 437 g/mol. The van der Waals surface area contributed by atoms with Crippen molar-refractivity contribution in [1.82, 2.24) is 10.6 Å². The smallest absolute Gasteiger partial charge is 0.191 e. The average Bonchev–Trinajstić information content (AvgIpc) is 2.58. The van der Waals surface area contributed by atoms with Crippen molar-refractivity contribution in [2.75, 3.05) is 45.4 Å². The quantitative estimate of drug-likeness (QED) is 0.227. The highest BCUT2D eigenvalue weighted by molar-refractivity contribution is 14.0. The van der Waals surface area contributed by atoms with Crippen molar-refractivity contribution < 1.29 is 9.47 Å². The number of nitrogens with zero attached hydrogens (tertiary/aromatic N) is 1. The molecule has 5 nitrogen and oxygen atoms in total. The number of methoxy groups -OCH3 is 1. The normalized spacial score (nSPS) is 10.9. The summed E-state index contributed by atoms with van der Waals surface area (Å²) >= 11 is 1.82. The van der Waals surface area contributed by atoms with Crippen LogP contribution in [0.1, 0.15) is 18.9 Å². The molecule has 1 rings (SSSR count). The van der Waals surface area contributed by atoms with Gasteiger partial charge < -0.3 is 20.1 Å². The fraction of sp³-hybridized carbons (Fsp3) is 0.588. The lowest BCUT2D eigenvalue weighted by atomic mass is 10.2. The lowest BCUT2D eigenvalue weighted by Crippen LogP contribution is -2.38. The third-order valence-corrected chi connectivity index (χ3v) is 3.70. The number of ether oxygens (including phenoxy) is 2. The number of hydrogen-bond donors (Lipinski definition) is 2. The Morgan fingerprint density at radius 1 is 1.21 bits per heavy atom. The minimum atomic E-state index is 0. The molecule has 0 saturated carbocycles. The Labute approximate surface area is 167 Å². The summed E-state index contributed by atoms with van der Waals surface area (Å²) < 4.78 is 10.8. The first kappa shape index (κ1) is 23.3. The second-order valence-corrected chi connectivity index (χ2v) is 5.92. The van der Waals surface area contributed by atoms with Gasteiger partial charge in [-0.15, -0.1) is 24.0 Å². The van der Waals surface area contributed by atoms with Gasteiger partial charge in [-0.2, -0.15) is 11.8 Å². The summed E-state index contributed by atoms with van der Waals surface area (Å²) in [4.78, 5) is 4.54. The lowest BCUT2D eigenvalue weighted by Gasteiger charge is -2.10. The van der Waals surface area contributed by atoms with Crippen molar-refractivity contribution in [1.29, 1.82) is 0 Å². The standard InChI is InChI=1S/C17H29N3O2S.HI/c1-4-18-17(20-11-13-23-3)19-10-5-12-22-14-15-6-8-16(21-2)9-7-15;/h6-9H,4-5,10-14H2,1-3H3,(H2,18,19,20);1H. The Kier molecular flexibility index (Phi) is 15.4. The Balaban J connectivity index is 0.00000529. The second kappa shape index (κ2) is 15.8. The van der Waals surface area contributed by atoms with Crippen LogP contribution in [0, 0.1) is 0 Å². The van der Waals surface area contributed by atoms with Gasteiger partial charge in [-0.05, 0) is 37.3 Å². The highest BCUT2D eigenvalue weighted by Crippen LogP contribution is 2.11. The number of nitrogens with one attached hydrogen (secondary N) is 2. The number of aliphatic imine (C=N–C) groups is 1. The van der Waals surface area contributed by atoms with E-state index >= 15 is 0 Å². The van der Waals surface area contributed by atoms with E-state index in [2.05, 4.69) is 28.8 Å². The van der Waals surface area contributed by atoms with Crippen LogP contribution in [-0.4, -0.2) is 51.3 Å². The Morgan fingerprint density at radius 2 is 1.96 bits per heavy atom. The zero-order valence-corrected chi connectivity index (χ0v) is 18.0. The Morgan fingerprint density at radius 3 is 2.58 bits per heavy atom. The molecule has 0 bridgehead atoms. The molecule has 0 amide bonds. The number of halogens is 1. The van der Waals surface area contributed by atoms with Crippen LogP contribution in [0.5, 0.6) is 5.75 Å². The van der Waals surface area contributed by atoms with Gasteiger partial charge in [0.15, 0.2) is 5.96 Å². The molecular formula is C17H30IN3O2S. The maximum atomic E-state index is 5.68. The highest BCUT2D eigenvalue weighted by Gasteiger charge is 1.97. The van der Waals surface area contributed by atoms with Gasteiger partial charge >= 0.3 is 0 Å². The zero-order valence-electron chi connectivity index (χ0n) is 14.8. The van der Waals surface area contributed by atoms with E-state index in [-0.39, 0.29) is 24.0 Å². The van der Waals surface area contributed by atoms with Gasteiger partial charge in [-0.25, -0.2) is 0 Å². The molecule has 0 unspecified atom stereocenters. The van der Waals surface area contributed by atoms with Gasteiger partial charge in [-0.3, -0.25) is 4.99 Å². The van der Waals surface area contributed by atoms with E-state index in [1.165, 1.54) is 0 Å². The maximum Gasteiger partial charge on any atom is 0.191 e. The summed E-state index contributed by atoms with van der Waals surface area (Å²) in [6.45, 7) is 5.97. The summed E-state index contributed by atoms with van der Waals surface area (Å²) in [5.41, 5.74) is 1.15. The first-order valence-corrected chi connectivity index (χ1v) is 9.41. The van der Waals surface area contributed by atoms with Crippen molar-refractivity contribution >= 4 is 41.7 Å². The fourth-order valence-corrected chi connectivity index (χ4v) is 2.19. The fourth-order valence-electron chi connectivity index (χ4n) is 1.88. The zero-order chi connectivity index (χ0) is 16.8. The molecule has 0 atom stereocenters. The minimum absolute atomic E-state index is 0. The molecule has 0 heterocycles. The van der Waals surface area contributed by atoms with Crippen LogP contribution < -0.4 is 15.4 Å². The van der Waals surface area contributed by atoms with E-state index in [0.717, 1.165) is 49.1 Å². The summed E-state index contributed by atoms with van der Waals surface area (Å²) in [6, 6.07) is 7.95. The van der Waals surface area contributed by atoms with Crippen molar-refractivity contribution in [2.45, 2.75) is 20.0 Å². The van der Waals surface area contributed by atoms with E-state index < -0.39 is 0 Å². The molecule has 1 aromatic rings. The number of benzene rings is 1. The van der Waals surface area contributed by atoms with Crippen LogP contribution in [0.3, 0.4) is 0 Å². The highest BCUT2D eigenvalue weighted by atomic mass is 127. The van der Waals surface area contributed by atoms with Gasteiger partial charge in [0.2, 0.25) is 0 Å². The monoisotopic (exact) mass is 467 g/mol. The van der Waals surface area contributed by atoms with Crippen LogP contribution in [0.15, 0.2) is 29.3 Å². The summed E-state index contributed by atoms with van der Waals surface area (Å²) in [5.74, 6) is 2.83. The third-order valence-electron chi connectivity index (χ3n) is 3.09. The molecule has 7 heteroatoms. The van der Waals surface area contributed by atoms with Crippen LogP contribution in [-0.2, 0) is 11.3 Å². The van der Waals surface area contributed by atoms with E-state index in [0.29, 0.717) is 13.2 Å². The van der Waals surface area contributed by atoms with E-state index in [1.54, 1.807) is 7.11 Å². The number of rotatable bonds is 11. The molecule has 0 spiro atoms. The largest absolute Gasteiger partial charge is 0.497 e. The van der Waals surface area contributed by atoms with E-state index in [1.807, 2.05) is 36.0 Å². The molecule has 1 aromatic carbocycles. The number of guanidine groups is 1. The van der Waals surface area contributed by atoms with Crippen LogP contribution in [0.25, 0.3) is 0 Å². The van der Waals surface area contributed by atoms with Crippen molar-refractivity contribution in [3.05, 3.63) is 29.8 Å². The van der Waals surface area contributed by atoms with Crippen molar-refractivity contribution in [3.8, 4) is 5.75 Å². The van der Waals surface area contributed by atoms with Crippen molar-refractivity contribution in [3.63, 3.8) is 0 Å². The minimum Gasteiger partial charge on any atom is -0.497 e. The van der Waals surface area contributed by atoms with Gasteiger partial charge in [0.1, 0.15) is 5.75 Å². The average molecular weight is 467 g/mol. The Hall–Kier alpha value is -0.670. The molecule has 0 aliphatic carbocycles. The maximum absolute atomic E-state index is 5.68. The van der Waals surface area contributed by atoms with E-state index in [9.17, 15) is 0 Å². The van der Waals surface area contributed by atoms with Crippen molar-refractivity contribution in [2.24, 2.45) is 4.99 Å². The summed E-state index contributed by atoms with van der Waals surface area (Å²) in [5, 5.41) is 6.56. The molecule has 24 heavy (non-hydrogen) atoms. The first-order chi connectivity index (χ1) is 11.3. The Bertz CT molecular complexity index is 444. The molecule has 0 aliphatic heterocycles. The van der Waals surface area contributed by atoms with Gasteiger partial charge in [0.25, 0.3) is 0 Å². The predicted octanol–water partition coefficient (Wildman–Crippen LogP) is 3.14. The van der Waals surface area contributed by atoms with Gasteiger partial charge in [-0.1, -0.05) is 12.1 Å². The molecule has 0 aliphatic rings. The predicted molar refractivity (Wildman–Crippen MR) is 115 cm³/mol. The van der Waals surface area contributed by atoms with Crippen LogP contribution in [0.2, 0.25) is 0 Å².